The van der Waals surface area contributed by atoms with Gasteiger partial charge in [-0.25, -0.2) is 0 Å². The quantitative estimate of drug-likeness (QED) is 0.786. The van der Waals surface area contributed by atoms with Gasteiger partial charge in [0.15, 0.2) is 0 Å². The van der Waals surface area contributed by atoms with Gasteiger partial charge < -0.3 is 10.5 Å². The molecule has 0 aromatic heterocycles. The standard InChI is InChI=1S/C13H19NO2/c1-4-10-5-9(2)6-11(7-10)8-12(14)13(15)16-3/h5-7,12H,4,8,14H2,1-3H3/t12-/m0/s1. The number of methoxy groups -OCH3 is 1. The highest BCUT2D eigenvalue weighted by molar-refractivity contribution is 5.75. The molecule has 0 spiro atoms. The second kappa shape index (κ2) is 5.66. The molecule has 2 N–H and O–H groups in total. The first-order valence-corrected chi connectivity index (χ1v) is 5.49. The van der Waals surface area contributed by atoms with Crippen LogP contribution < -0.4 is 5.73 Å². The summed E-state index contributed by atoms with van der Waals surface area (Å²) in [5, 5.41) is 0. The van der Waals surface area contributed by atoms with Crippen molar-refractivity contribution in [2.24, 2.45) is 5.73 Å². The number of rotatable bonds is 4. The number of carbonyl (C=O) groups is 1. The molecule has 0 fully saturated rings. The van der Waals surface area contributed by atoms with E-state index in [2.05, 4.69) is 29.9 Å². The summed E-state index contributed by atoms with van der Waals surface area (Å²) in [6.07, 6.45) is 1.52. The summed E-state index contributed by atoms with van der Waals surface area (Å²) in [6.45, 7) is 4.16. The summed E-state index contributed by atoms with van der Waals surface area (Å²) in [5.41, 5.74) is 9.29. The second-order valence-corrected chi connectivity index (χ2v) is 4.01. The zero-order valence-corrected chi connectivity index (χ0v) is 10.1. The lowest BCUT2D eigenvalue weighted by molar-refractivity contribution is -0.142. The van der Waals surface area contributed by atoms with Crippen LogP contribution in [0.25, 0.3) is 0 Å². The average molecular weight is 221 g/mol. The lowest BCUT2D eigenvalue weighted by Gasteiger charge is -2.11. The summed E-state index contributed by atoms with van der Waals surface area (Å²) >= 11 is 0. The van der Waals surface area contributed by atoms with Crippen LogP contribution in [0.15, 0.2) is 18.2 Å². The van der Waals surface area contributed by atoms with Crippen LogP contribution in [0.1, 0.15) is 23.6 Å². The van der Waals surface area contributed by atoms with Crippen molar-refractivity contribution >= 4 is 5.97 Å². The SMILES string of the molecule is CCc1cc(C)cc(C[C@H](N)C(=O)OC)c1. The van der Waals surface area contributed by atoms with E-state index < -0.39 is 6.04 Å². The van der Waals surface area contributed by atoms with Crippen molar-refractivity contribution in [3.63, 3.8) is 0 Å². The third kappa shape index (κ3) is 3.35. The van der Waals surface area contributed by atoms with E-state index in [9.17, 15) is 4.79 Å². The topological polar surface area (TPSA) is 52.3 Å². The van der Waals surface area contributed by atoms with E-state index in [1.165, 1.54) is 18.2 Å². The van der Waals surface area contributed by atoms with Gasteiger partial charge in [-0.05, 0) is 30.9 Å². The van der Waals surface area contributed by atoms with Crippen LogP contribution in [0.3, 0.4) is 0 Å². The van der Waals surface area contributed by atoms with Gasteiger partial charge in [-0.3, -0.25) is 4.79 Å². The molecule has 1 aromatic carbocycles. The summed E-state index contributed by atoms with van der Waals surface area (Å²) in [4.78, 5) is 11.2. The minimum absolute atomic E-state index is 0.362. The van der Waals surface area contributed by atoms with Gasteiger partial charge in [0.25, 0.3) is 0 Å². The maximum atomic E-state index is 11.2. The number of carbonyl (C=O) groups excluding carboxylic acids is 1. The van der Waals surface area contributed by atoms with Gasteiger partial charge in [-0.1, -0.05) is 30.7 Å². The van der Waals surface area contributed by atoms with Crippen LogP contribution in [0.4, 0.5) is 0 Å². The highest BCUT2D eigenvalue weighted by atomic mass is 16.5. The summed E-state index contributed by atoms with van der Waals surface area (Å²) in [6, 6.07) is 5.72. The largest absolute Gasteiger partial charge is 0.468 e. The fourth-order valence-electron chi connectivity index (χ4n) is 1.76. The molecule has 0 amide bonds. The predicted molar refractivity (Wildman–Crippen MR) is 64.3 cm³/mol. The van der Waals surface area contributed by atoms with Gasteiger partial charge >= 0.3 is 5.97 Å². The molecule has 0 aliphatic heterocycles. The van der Waals surface area contributed by atoms with Crippen LogP contribution in [0, 0.1) is 6.92 Å². The lowest BCUT2D eigenvalue weighted by Crippen LogP contribution is -2.33. The lowest BCUT2D eigenvalue weighted by atomic mass is 10.00. The first-order valence-electron chi connectivity index (χ1n) is 5.49. The zero-order valence-electron chi connectivity index (χ0n) is 10.1. The fourth-order valence-corrected chi connectivity index (χ4v) is 1.76. The van der Waals surface area contributed by atoms with Crippen LogP contribution >= 0.6 is 0 Å². The minimum atomic E-state index is -0.573. The van der Waals surface area contributed by atoms with Crippen molar-refractivity contribution in [2.75, 3.05) is 7.11 Å². The molecule has 1 aromatic rings. The number of aryl methyl sites for hydroxylation is 2. The third-order valence-corrected chi connectivity index (χ3v) is 2.56. The molecule has 1 rings (SSSR count). The summed E-state index contributed by atoms with van der Waals surface area (Å²) in [5.74, 6) is -0.362. The van der Waals surface area contributed by atoms with Crippen molar-refractivity contribution in [1.29, 1.82) is 0 Å². The van der Waals surface area contributed by atoms with Gasteiger partial charge in [-0.15, -0.1) is 0 Å². The molecule has 0 saturated carbocycles. The fraction of sp³-hybridized carbons (Fsp3) is 0.462. The molecule has 0 aliphatic carbocycles. The van der Waals surface area contributed by atoms with Crippen LogP contribution in [0.2, 0.25) is 0 Å². The Morgan fingerprint density at radius 2 is 2.00 bits per heavy atom. The average Bonchev–Trinajstić information content (AvgIpc) is 2.26. The van der Waals surface area contributed by atoms with Gasteiger partial charge in [0.05, 0.1) is 7.11 Å². The van der Waals surface area contributed by atoms with Crippen LogP contribution in [-0.2, 0) is 22.4 Å². The second-order valence-electron chi connectivity index (χ2n) is 4.01. The van der Waals surface area contributed by atoms with Gasteiger partial charge in [0.2, 0.25) is 0 Å². The van der Waals surface area contributed by atoms with Gasteiger partial charge in [-0.2, -0.15) is 0 Å². The highest BCUT2D eigenvalue weighted by Gasteiger charge is 2.14. The molecule has 3 nitrogen and oxygen atoms in total. The molecule has 16 heavy (non-hydrogen) atoms. The number of nitrogens with two attached hydrogens (primary N) is 1. The maximum Gasteiger partial charge on any atom is 0.322 e. The molecule has 0 bridgehead atoms. The van der Waals surface area contributed by atoms with Crippen LogP contribution in [0.5, 0.6) is 0 Å². The Bertz CT molecular complexity index is 374. The molecule has 88 valence electrons. The number of benzene rings is 1. The minimum Gasteiger partial charge on any atom is -0.468 e. The Hall–Kier alpha value is -1.35. The Kier molecular flexibility index (Phi) is 4.50. The summed E-state index contributed by atoms with van der Waals surface area (Å²) in [7, 11) is 1.36. The number of ether oxygens (including phenoxy) is 1. The Morgan fingerprint density at radius 1 is 1.38 bits per heavy atom. The first-order chi connectivity index (χ1) is 7.56. The summed E-state index contributed by atoms with van der Waals surface area (Å²) < 4.78 is 4.61. The highest BCUT2D eigenvalue weighted by Crippen LogP contribution is 2.12. The maximum absolute atomic E-state index is 11.2. The van der Waals surface area contributed by atoms with E-state index in [0.717, 1.165) is 12.0 Å². The van der Waals surface area contributed by atoms with Gasteiger partial charge in [0.1, 0.15) is 6.04 Å². The predicted octanol–water partition coefficient (Wildman–Crippen LogP) is 1.60. The van der Waals surface area contributed by atoms with E-state index >= 15 is 0 Å². The monoisotopic (exact) mass is 221 g/mol. The molecule has 0 heterocycles. The molecule has 3 heteroatoms. The Morgan fingerprint density at radius 3 is 2.56 bits per heavy atom. The van der Waals surface area contributed by atoms with Crippen molar-refractivity contribution in [1.82, 2.24) is 0 Å². The Labute approximate surface area is 96.6 Å². The van der Waals surface area contributed by atoms with Crippen molar-refractivity contribution in [3.8, 4) is 0 Å². The molecular formula is C13H19NO2. The first kappa shape index (κ1) is 12.7. The number of esters is 1. The molecule has 0 saturated heterocycles. The molecule has 0 aliphatic rings. The molecule has 1 atom stereocenters. The van der Waals surface area contributed by atoms with Crippen molar-refractivity contribution in [3.05, 3.63) is 34.9 Å². The molecule has 0 radical (unpaired) electrons. The van der Waals surface area contributed by atoms with E-state index in [1.807, 2.05) is 6.92 Å². The van der Waals surface area contributed by atoms with E-state index in [-0.39, 0.29) is 5.97 Å². The van der Waals surface area contributed by atoms with Crippen LogP contribution in [-0.4, -0.2) is 19.1 Å². The van der Waals surface area contributed by atoms with Crippen molar-refractivity contribution in [2.45, 2.75) is 32.7 Å². The molecule has 0 unspecified atom stereocenters. The van der Waals surface area contributed by atoms with Crippen molar-refractivity contribution < 1.29 is 9.53 Å². The smallest absolute Gasteiger partial charge is 0.322 e. The van der Waals surface area contributed by atoms with E-state index in [1.54, 1.807) is 0 Å². The number of hydrogen-bond acceptors (Lipinski definition) is 3. The zero-order chi connectivity index (χ0) is 12.1. The third-order valence-electron chi connectivity index (χ3n) is 2.56. The van der Waals surface area contributed by atoms with Gasteiger partial charge in [0, 0.05) is 0 Å². The normalized spacial score (nSPS) is 12.2. The van der Waals surface area contributed by atoms with E-state index in [4.69, 9.17) is 5.73 Å². The van der Waals surface area contributed by atoms with E-state index in [0.29, 0.717) is 6.42 Å². The Balaban J connectivity index is 2.80. The molecular weight excluding hydrogens is 202 g/mol. The number of hydrogen-bond donors (Lipinski definition) is 1.